The molecule has 132 valence electrons. The Hall–Kier alpha value is -3.43. The normalized spacial score (nSPS) is 10.2. The molecule has 0 unspecified atom stereocenters. The Morgan fingerprint density at radius 2 is 1.80 bits per heavy atom. The average Bonchev–Trinajstić information content (AvgIpc) is 3.05. The van der Waals surface area contributed by atoms with Crippen LogP contribution in [0, 0.1) is 10.1 Å². The lowest BCUT2D eigenvalue weighted by Gasteiger charge is -2.08. The van der Waals surface area contributed by atoms with E-state index in [1.54, 1.807) is 24.3 Å². The number of esters is 2. The van der Waals surface area contributed by atoms with Gasteiger partial charge in [-0.15, -0.1) is 0 Å². The maximum Gasteiger partial charge on any atom is 0.363 e. The van der Waals surface area contributed by atoms with Crippen molar-refractivity contribution in [2.45, 2.75) is 6.54 Å². The fourth-order valence-corrected chi connectivity index (χ4v) is 2.04. The van der Waals surface area contributed by atoms with Gasteiger partial charge in [0, 0.05) is 0 Å². The van der Waals surface area contributed by atoms with Crippen molar-refractivity contribution in [1.29, 1.82) is 0 Å². The Bertz CT molecular complexity index is 783. The van der Waals surface area contributed by atoms with Crippen molar-refractivity contribution in [2.24, 2.45) is 0 Å². The number of ether oxygens (including phenoxy) is 3. The van der Waals surface area contributed by atoms with Gasteiger partial charge in [0.25, 0.3) is 0 Å². The van der Waals surface area contributed by atoms with Crippen LogP contribution in [0.25, 0.3) is 0 Å². The zero-order chi connectivity index (χ0) is 18.4. The molecule has 2 rings (SSSR count). The molecule has 0 saturated heterocycles. The van der Waals surface area contributed by atoms with Gasteiger partial charge in [-0.2, -0.15) is 5.10 Å². The van der Waals surface area contributed by atoms with Crippen molar-refractivity contribution < 1.29 is 28.7 Å². The molecule has 1 heterocycles. The van der Waals surface area contributed by atoms with E-state index in [0.717, 1.165) is 18.0 Å². The summed E-state index contributed by atoms with van der Waals surface area (Å²) in [4.78, 5) is 33.3. The lowest BCUT2D eigenvalue weighted by Crippen LogP contribution is -2.17. The number of nitro groups is 1. The minimum absolute atomic E-state index is 0.0943. The molecule has 0 fully saturated rings. The highest BCUT2D eigenvalue weighted by molar-refractivity contribution is 5.91. The molecule has 0 aliphatic carbocycles. The highest BCUT2D eigenvalue weighted by Gasteiger charge is 2.27. The predicted octanol–water partition coefficient (Wildman–Crippen LogP) is 1.44. The lowest BCUT2D eigenvalue weighted by atomic mass is 10.2. The van der Waals surface area contributed by atoms with Gasteiger partial charge in [-0.1, -0.05) is 0 Å². The van der Waals surface area contributed by atoms with Crippen molar-refractivity contribution >= 4 is 17.6 Å². The van der Waals surface area contributed by atoms with Gasteiger partial charge in [0.05, 0.1) is 31.3 Å². The zero-order valence-electron chi connectivity index (χ0n) is 13.5. The summed E-state index contributed by atoms with van der Waals surface area (Å²) in [5.74, 6) is -0.835. The number of hydrogen-bond donors (Lipinski definition) is 0. The molecular formula is C15H15N3O7. The summed E-state index contributed by atoms with van der Waals surface area (Å²) in [6.45, 7) is 0.192. The van der Waals surface area contributed by atoms with Crippen molar-refractivity contribution in [3.05, 3.63) is 51.8 Å². The molecule has 0 amide bonds. The average molecular weight is 349 g/mol. The van der Waals surface area contributed by atoms with E-state index < -0.39 is 22.5 Å². The highest BCUT2D eigenvalue weighted by Crippen LogP contribution is 2.19. The minimum atomic E-state index is -0.855. The summed E-state index contributed by atoms with van der Waals surface area (Å²) in [5.41, 5.74) is -0.308. The third-order valence-electron chi connectivity index (χ3n) is 3.24. The lowest BCUT2D eigenvalue weighted by molar-refractivity contribution is -0.385. The molecule has 0 bridgehead atoms. The maximum atomic E-state index is 11.7. The molecular weight excluding hydrogens is 334 g/mol. The zero-order valence-corrected chi connectivity index (χ0v) is 13.5. The van der Waals surface area contributed by atoms with Crippen LogP contribution >= 0.6 is 0 Å². The molecule has 0 saturated carbocycles. The summed E-state index contributed by atoms with van der Waals surface area (Å²) >= 11 is 0. The monoisotopic (exact) mass is 349 g/mol. The highest BCUT2D eigenvalue weighted by atomic mass is 16.6. The second kappa shape index (κ2) is 7.90. The van der Waals surface area contributed by atoms with Crippen molar-refractivity contribution in [2.75, 3.05) is 20.8 Å². The first-order chi connectivity index (χ1) is 12.0. The summed E-state index contributed by atoms with van der Waals surface area (Å²) in [5, 5.41) is 14.8. The number of rotatable bonds is 7. The summed E-state index contributed by atoms with van der Waals surface area (Å²) in [6, 6.07) is 6.25. The van der Waals surface area contributed by atoms with E-state index in [1.807, 2.05) is 0 Å². The molecule has 0 spiro atoms. The minimum Gasteiger partial charge on any atom is -0.492 e. The van der Waals surface area contributed by atoms with Crippen molar-refractivity contribution in [3.8, 4) is 5.75 Å². The van der Waals surface area contributed by atoms with Crippen LogP contribution in [0.4, 0.5) is 5.69 Å². The van der Waals surface area contributed by atoms with Crippen LogP contribution in [0.1, 0.15) is 20.8 Å². The Kier molecular flexibility index (Phi) is 5.66. The summed E-state index contributed by atoms with van der Waals surface area (Å²) in [6.07, 6.45) is 0.984. The second-order valence-corrected chi connectivity index (χ2v) is 4.71. The number of aromatic nitrogens is 2. The van der Waals surface area contributed by atoms with Crippen LogP contribution in [0.5, 0.6) is 5.75 Å². The Balaban J connectivity index is 2.03. The van der Waals surface area contributed by atoms with Gasteiger partial charge in [0.1, 0.15) is 18.6 Å². The van der Waals surface area contributed by atoms with Gasteiger partial charge in [-0.25, -0.2) is 14.3 Å². The molecule has 2 aromatic rings. The van der Waals surface area contributed by atoms with E-state index in [0.29, 0.717) is 11.3 Å². The maximum absolute atomic E-state index is 11.7. The van der Waals surface area contributed by atoms with E-state index in [4.69, 9.17) is 4.74 Å². The third-order valence-corrected chi connectivity index (χ3v) is 3.24. The number of methoxy groups -OCH3 is 2. The van der Waals surface area contributed by atoms with E-state index in [2.05, 4.69) is 14.6 Å². The van der Waals surface area contributed by atoms with Crippen LogP contribution in [0.15, 0.2) is 30.5 Å². The van der Waals surface area contributed by atoms with E-state index >= 15 is 0 Å². The van der Waals surface area contributed by atoms with E-state index in [-0.39, 0.29) is 18.8 Å². The topological polar surface area (TPSA) is 123 Å². The van der Waals surface area contributed by atoms with E-state index in [1.165, 1.54) is 7.11 Å². The van der Waals surface area contributed by atoms with Gasteiger partial charge in [0.15, 0.2) is 0 Å². The molecule has 1 aromatic carbocycles. The van der Waals surface area contributed by atoms with Crippen LogP contribution < -0.4 is 4.74 Å². The first-order valence-electron chi connectivity index (χ1n) is 7.07. The van der Waals surface area contributed by atoms with Crippen molar-refractivity contribution in [3.63, 3.8) is 0 Å². The van der Waals surface area contributed by atoms with Crippen LogP contribution in [-0.2, 0) is 16.0 Å². The molecule has 25 heavy (non-hydrogen) atoms. The first kappa shape index (κ1) is 17.9. The van der Waals surface area contributed by atoms with Gasteiger partial charge in [-0.05, 0) is 24.3 Å². The molecule has 10 nitrogen and oxygen atoms in total. The van der Waals surface area contributed by atoms with E-state index in [9.17, 15) is 19.7 Å². The Labute approximate surface area is 142 Å². The van der Waals surface area contributed by atoms with Gasteiger partial charge < -0.3 is 14.2 Å². The summed E-state index contributed by atoms with van der Waals surface area (Å²) < 4.78 is 15.8. The number of hydrogen-bond acceptors (Lipinski definition) is 8. The number of carbonyl (C=O) groups excluding carboxylic acids is 2. The Morgan fingerprint density at radius 3 is 2.36 bits per heavy atom. The third kappa shape index (κ3) is 4.10. The first-order valence-corrected chi connectivity index (χ1v) is 7.07. The molecule has 0 radical (unpaired) electrons. The molecule has 10 heteroatoms. The number of nitrogens with zero attached hydrogens (tertiary/aromatic N) is 3. The standard InChI is InChI=1S/C15H15N3O7/c1-23-14(19)10-3-5-11(6-4-10)25-8-7-17-13(15(20)24-2)12(9-16-17)18(21)22/h3-6,9H,7-8H2,1-2H3. The summed E-state index contributed by atoms with van der Waals surface area (Å²) in [7, 11) is 2.41. The predicted molar refractivity (Wildman–Crippen MR) is 83.5 cm³/mol. The van der Waals surface area contributed by atoms with Crippen LogP contribution in [-0.4, -0.2) is 47.5 Å². The molecule has 0 atom stereocenters. The second-order valence-electron chi connectivity index (χ2n) is 4.71. The van der Waals surface area contributed by atoms with Gasteiger partial charge in [-0.3, -0.25) is 10.1 Å². The molecule has 0 aliphatic heterocycles. The number of benzene rings is 1. The van der Waals surface area contributed by atoms with Gasteiger partial charge in [0.2, 0.25) is 5.69 Å². The molecule has 1 aromatic heterocycles. The fourth-order valence-electron chi connectivity index (χ4n) is 2.04. The van der Waals surface area contributed by atoms with Crippen molar-refractivity contribution in [1.82, 2.24) is 9.78 Å². The van der Waals surface area contributed by atoms with Crippen LogP contribution in [0.3, 0.4) is 0 Å². The van der Waals surface area contributed by atoms with Gasteiger partial charge >= 0.3 is 17.6 Å². The Morgan fingerprint density at radius 1 is 1.16 bits per heavy atom. The smallest absolute Gasteiger partial charge is 0.363 e. The fraction of sp³-hybridized carbons (Fsp3) is 0.267. The number of carbonyl (C=O) groups is 2. The largest absolute Gasteiger partial charge is 0.492 e. The molecule has 0 aliphatic rings. The SMILES string of the molecule is COC(=O)c1ccc(OCCn2ncc([N+](=O)[O-])c2C(=O)OC)cc1. The molecule has 0 N–H and O–H groups in total. The quantitative estimate of drug-likeness (QED) is 0.418. The van der Waals surface area contributed by atoms with Crippen LogP contribution in [0.2, 0.25) is 0 Å².